The zero-order chi connectivity index (χ0) is 25.1. The van der Waals surface area contributed by atoms with Gasteiger partial charge in [0.05, 0.1) is 17.4 Å². The van der Waals surface area contributed by atoms with Crippen LogP contribution in [-0.2, 0) is 11.2 Å². The third-order valence-corrected chi connectivity index (χ3v) is 4.25. The molecule has 0 bridgehead atoms. The van der Waals surface area contributed by atoms with Gasteiger partial charge in [0, 0.05) is 23.6 Å². The largest absolute Gasteiger partial charge is 0.381 e. The molecule has 1 heterocycles. The van der Waals surface area contributed by atoms with Gasteiger partial charge in [-0.2, -0.15) is 0 Å². The van der Waals surface area contributed by atoms with Gasteiger partial charge in [0.15, 0.2) is 0 Å². The molecule has 33 heavy (non-hydrogen) atoms. The Morgan fingerprint density at radius 3 is 2.55 bits per heavy atom. The number of carbonyl (C=O) groups excluding carboxylic acids is 2. The Labute approximate surface area is 206 Å². The highest BCUT2D eigenvalue weighted by atomic mass is 79.9. The van der Waals surface area contributed by atoms with E-state index in [0.717, 1.165) is 16.9 Å². The molecule has 6 nitrogen and oxygen atoms in total. The zero-order valence-electron chi connectivity index (χ0n) is 19.7. The van der Waals surface area contributed by atoms with Crippen LogP contribution < -0.4 is 16.0 Å². The van der Waals surface area contributed by atoms with Crippen molar-refractivity contribution in [3.63, 3.8) is 0 Å². The summed E-state index contributed by atoms with van der Waals surface area (Å²) in [5.41, 5.74) is 4.40. The molecule has 176 valence electrons. The van der Waals surface area contributed by atoms with Crippen LogP contribution in [0.15, 0.2) is 59.6 Å². The quantitative estimate of drug-likeness (QED) is 0.143. The highest BCUT2D eigenvalue weighted by Crippen LogP contribution is 2.26. The lowest BCUT2D eigenvalue weighted by Gasteiger charge is -2.12. The molecule has 0 aromatic heterocycles. The second-order valence-corrected chi connectivity index (χ2v) is 6.68. The number of anilines is 3. The number of para-hydroxylation sites is 1. The van der Waals surface area contributed by atoms with Crippen molar-refractivity contribution in [2.45, 2.75) is 34.1 Å². The number of hydrogen-bond acceptors (Lipinski definition) is 4. The van der Waals surface area contributed by atoms with Gasteiger partial charge < -0.3 is 16.0 Å². The Bertz CT molecular complexity index is 965. The fourth-order valence-electron chi connectivity index (χ4n) is 2.63. The normalized spacial score (nSPS) is 10.5. The van der Waals surface area contributed by atoms with Crippen LogP contribution in [0, 0.1) is 12.3 Å². The maximum Gasteiger partial charge on any atom is 0.257 e. The van der Waals surface area contributed by atoms with E-state index in [9.17, 15) is 9.59 Å². The number of rotatable bonds is 6. The monoisotopic (exact) mass is 512 g/mol. The van der Waals surface area contributed by atoms with Gasteiger partial charge in [-0.3, -0.25) is 14.6 Å². The molecular weight excluding hydrogens is 480 g/mol. The summed E-state index contributed by atoms with van der Waals surface area (Å²) in [4.78, 5) is 27.4. The number of nitrogens with one attached hydrogen (secondary N) is 3. The molecule has 0 radical (unpaired) electrons. The smallest absolute Gasteiger partial charge is 0.257 e. The van der Waals surface area contributed by atoms with Crippen molar-refractivity contribution in [2.24, 2.45) is 4.99 Å². The van der Waals surface area contributed by atoms with Gasteiger partial charge in [-0.15, -0.1) is 12.3 Å². The van der Waals surface area contributed by atoms with Crippen LogP contribution in [0.2, 0.25) is 0 Å². The van der Waals surface area contributed by atoms with Crippen molar-refractivity contribution in [1.82, 2.24) is 0 Å². The van der Waals surface area contributed by atoms with Gasteiger partial charge in [-0.1, -0.05) is 54.1 Å². The van der Waals surface area contributed by atoms with Gasteiger partial charge in [-0.25, -0.2) is 0 Å². The van der Waals surface area contributed by atoms with Crippen molar-refractivity contribution >= 4 is 51.5 Å². The number of benzene rings is 2. The lowest BCUT2D eigenvalue weighted by molar-refractivity contribution is -0.115. The van der Waals surface area contributed by atoms with Crippen molar-refractivity contribution in [1.29, 1.82) is 0 Å². The van der Waals surface area contributed by atoms with Gasteiger partial charge in [-0.05, 0) is 56.5 Å². The van der Waals surface area contributed by atoms with E-state index < -0.39 is 0 Å². The number of fused-ring (bicyclic) bond motifs is 1. The van der Waals surface area contributed by atoms with Gasteiger partial charge in [0.1, 0.15) is 0 Å². The highest BCUT2D eigenvalue weighted by molar-refractivity contribution is 9.09. The van der Waals surface area contributed by atoms with Crippen molar-refractivity contribution < 1.29 is 9.59 Å². The molecule has 0 fully saturated rings. The van der Waals surface area contributed by atoms with Gasteiger partial charge in [0.2, 0.25) is 5.91 Å². The summed E-state index contributed by atoms with van der Waals surface area (Å²) in [5, 5.41) is 8.90. The average molecular weight is 513 g/mol. The Morgan fingerprint density at radius 2 is 1.94 bits per heavy atom. The van der Waals surface area contributed by atoms with Crippen LogP contribution in [0.4, 0.5) is 17.1 Å². The zero-order valence-corrected chi connectivity index (χ0v) is 21.3. The van der Waals surface area contributed by atoms with Gasteiger partial charge in [0.25, 0.3) is 5.91 Å². The van der Waals surface area contributed by atoms with Crippen LogP contribution in [0.3, 0.4) is 0 Å². The molecule has 0 aliphatic carbocycles. The molecule has 7 heteroatoms. The second-order valence-electron chi connectivity index (χ2n) is 6.18. The Morgan fingerprint density at radius 1 is 1.30 bits per heavy atom. The summed E-state index contributed by atoms with van der Waals surface area (Å²) in [6, 6.07) is 12.8. The average Bonchev–Trinajstić information content (AvgIpc) is 3.21. The van der Waals surface area contributed by atoms with Crippen LogP contribution in [-0.4, -0.2) is 30.5 Å². The molecule has 0 spiro atoms. The summed E-state index contributed by atoms with van der Waals surface area (Å²) >= 11 is 3.02. The van der Waals surface area contributed by atoms with E-state index in [1.54, 1.807) is 19.1 Å². The van der Waals surface area contributed by atoms with E-state index in [0.29, 0.717) is 29.7 Å². The Hall–Kier alpha value is -3.37. The van der Waals surface area contributed by atoms with Crippen molar-refractivity contribution in [3.8, 4) is 12.3 Å². The fraction of sp³-hybridized carbons (Fsp3) is 0.269. The number of nitrogens with zero attached hydrogens (tertiary/aromatic N) is 1. The lowest BCUT2D eigenvalue weighted by atomic mass is 10.1. The molecule has 2 amide bonds. The number of carbonyl (C=O) groups is 2. The van der Waals surface area contributed by atoms with Crippen LogP contribution in [0.25, 0.3) is 0 Å². The predicted molar refractivity (Wildman–Crippen MR) is 146 cm³/mol. The number of amides is 2. The van der Waals surface area contributed by atoms with E-state index in [1.165, 1.54) is 0 Å². The second kappa shape index (κ2) is 18.2. The minimum Gasteiger partial charge on any atom is -0.381 e. The van der Waals surface area contributed by atoms with E-state index >= 15 is 0 Å². The highest BCUT2D eigenvalue weighted by Gasteiger charge is 2.18. The summed E-state index contributed by atoms with van der Waals surface area (Å²) in [6.07, 6.45) is 8.88. The molecule has 0 unspecified atom stereocenters. The maximum atomic E-state index is 12.6. The molecule has 2 aromatic carbocycles. The molecule has 0 saturated carbocycles. The number of aliphatic imine (C=N–C) groups is 1. The molecule has 3 N–H and O–H groups in total. The first kappa shape index (κ1) is 29.6. The van der Waals surface area contributed by atoms with Crippen molar-refractivity contribution in [2.75, 3.05) is 27.9 Å². The third kappa shape index (κ3) is 11.2. The standard InChI is InChI=1S/C19H19N3O2.C3H4.C2H4BrN.C2H6/c1-2-3-10-20-17-7-5-4-6-15(17)19(24)21-14-8-9-16-13(11-14)12-18(23)22-16;1-3-2;1-4-2-3;1-2/h2-9,11,20H,10,12H2,1H3,(H,21,24)(H,22,23);1H,2H3;1-2H2;1-2H3/b3-2+;;;. The molecule has 2 aromatic rings. The molecular formula is C26H33BrN4O2. The number of halogens is 1. The van der Waals surface area contributed by atoms with E-state index in [4.69, 9.17) is 0 Å². The molecule has 1 aliphatic heterocycles. The summed E-state index contributed by atoms with van der Waals surface area (Å²) in [5.74, 6) is 2.04. The van der Waals surface area contributed by atoms with Crippen LogP contribution in [0.5, 0.6) is 0 Å². The topological polar surface area (TPSA) is 82.6 Å². The minimum absolute atomic E-state index is 0.0213. The minimum atomic E-state index is -0.184. The first-order chi connectivity index (χ1) is 16.0. The van der Waals surface area contributed by atoms with E-state index in [2.05, 4.69) is 55.9 Å². The fourth-order valence-corrected chi connectivity index (χ4v) is 2.63. The Kier molecular flexibility index (Phi) is 16.4. The summed E-state index contributed by atoms with van der Waals surface area (Å²) in [6.45, 7) is 11.4. The first-order valence-electron chi connectivity index (χ1n) is 10.5. The molecule has 0 saturated heterocycles. The van der Waals surface area contributed by atoms with Crippen molar-refractivity contribution in [3.05, 3.63) is 65.7 Å². The number of alkyl halides is 1. The van der Waals surface area contributed by atoms with E-state index in [1.807, 2.05) is 63.3 Å². The lowest BCUT2D eigenvalue weighted by Crippen LogP contribution is -2.15. The number of hydrogen-bond donors (Lipinski definition) is 3. The third-order valence-electron chi connectivity index (χ3n) is 3.89. The Balaban J connectivity index is 0.000000989. The van der Waals surface area contributed by atoms with E-state index in [-0.39, 0.29) is 11.8 Å². The molecule has 3 rings (SSSR count). The first-order valence-corrected chi connectivity index (χ1v) is 11.7. The number of allylic oxidation sites excluding steroid dienone is 1. The summed E-state index contributed by atoms with van der Waals surface area (Å²) < 4.78 is 0. The summed E-state index contributed by atoms with van der Waals surface area (Å²) in [7, 11) is 0. The van der Waals surface area contributed by atoms with Gasteiger partial charge >= 0.3 is 0 Å². The molecule has 1 aliphatic rings. The SMILES string of the molecule is C#CC.C/C=C/CNc1ccccc1C(=O)Nc1ccc2c(c1)CC(=O)N2.C=NCBr.CC. The maximum absolute atomic E-state index is 12.6. The number of terminal acetylenes is 1. The predicted octanol–water partition coefficient (Wildman–Crippen LogP) is 6.13. The van der Waals surface area contributed by atoms with Crippen LogP contribution in [0.1, 0.15) is 43.6 Å². The molecule has 0 atom stereocenters. The van der Waals surface area contributed by atoms with Crippen LogP contribution >= 0.6 is 15.9 Å².